The summed E-state index contributed by atoms with van der Waals surface area (Å²) in [6.07, 6.45) is 6.14. The van der Waals surface area contributed by atoms with E-state index in [0.29, 0.717) is 34.1 Å². The average molecular weight is 508 g/mol. The first kappa shape index (κ1) is 25.3. The Kier molecular flexibility index (Phi) is 9.41. The highest BCUT2D eigenvalue weighted by molar-refractivity contribution is 6.33. The topological polar surface area (TPSA) is 68.7 Å². The highest BCUT2D eigenvalue weighted by Gasteiger charge is 2.18. The summed E-state index contributed by atoms with van der Waals surface area (Å²) in [5.74, 6) is 1.42. The quantitative estimate of drug-likeness (QED) is 0.311. The summed E-state index contributed by atoms with van der Waals surface area (Å²) in [5.41, 5.74) is 3.66. The molecule has 1 aliphatic rings. The van der Waals surface area contributed by atoms with Gasteiger partial charge >= 0.3 is 0 Å². The van der Waals surface area contributed by atoms with Gasteiger partial charge in [-0.15, -0.1) is 0 Å². The van der Waals surface area contributed by atoms with Crippen molar-refractivity contribution in [1.29, 1.82) is 0 Å². The summed E-state index contributed by atoms with van der Waals surface area (Å²) in [5, 5.41) is 4.68. The first-order valence-electron chi connectivity index (χ1n) is 11.0. The number of aromatic amines is 1. The third-order valence-electron chi connectivity index (χ3n) is 5.35. The SMILES string of the molecule is C=CNc1nc(Cl)[nH]c1C(=C)N(CCCC)CCCC1=NC(Cc2cc(Cl)ccc2Cl)=NC1. The predicted molar refractivity (Wildman–Crippen MR) is 142 cm³/mol. The molecule has 0 spiro atoms. The number of nitrogens with one attached hydrogen (secondary N) is 2. The Morgan fingerprint density at radius 1 is 1.24 bits per heavy atom. The van der Waals surface area contributed by atoms with Crippen LogP contribution in [0, 0.1) is 0 Å². The van der Waals surface area contributed by atoms with E-state index in [4.69, 9.17) is 39.8 Å². The fourth-order valence-electron chi connectivity index (χ4n) is 3.63. The molecule has 0 saturated heterocycles. The van der Waals surface area contributed by atoms with E-state index in [2.05, 4.69) is 45.3 Å². The van der Waals surface area contributed by atoms with Gasteiger partial charge in [-0.05, 0) is 60.8 Å². The standard InChI is InChI=1S/C24H29Cl3N6/c1-4-6-11-33(16(3)22-23(28-5-2)32-24(27)31-22)12-7-8-19-15-29-21(30-19)14-17-13-18(25)9-10-20(17)26/h5,9-10,13,28H,2-4,6-8,11-12,14-15H2,1H3,(H,31,32). The molecule has 3 rings (SSSR count). The van der Waals surface area contributed by atoms with E-state index in [1.165, 1.54) is 0 Å². The summed E-state index contributed by atoms with van der Waals surface area (Å²) in [6.45, 7) is 12.6. The van der Waals surface area contributed by atoms with Crippen LogP contribution >= 0.6 is 34.8 Å². The van der Waals surface area contributed by atoms with Gasteiger partial charge in [0, 0.05) is 35.3 Å². The third-order valence-corrected chi connectivity index (χ3v) is 6.13. The van der Waals surface area contributed by atoms with Crippen LogP contribution in [-0.2, 0) is 6.42 Å². The van der Waals surface area contributed by atoms with Crippen LogP contribution in [-0.4, -0.2) is 46.0 Å². The maximum atomic E-state index is 6.28. The van der Waals surface area contributed by atoms with E-state index in [0.717, 1.165) is 67.3 Å². The molecule has 1 aromatic carbocycles. The number of unbranched alkanes of at least 4 members (excludes halogenated alkanes) is 1. The molecule has 6 nitrogen and oxygen atoms in total. The largest absolute Gasteiger partial charge is 0.370 e. The van der Waals surface area contributed by atoms with Crippen LogP contribution in [0.4, 0.5) is 5.82 Å². The first-order valence-corrected chi connectivity index (χ1v) is 12.2. The molecule has 1 aromatic heterocycles. The molecule has 0 amide bonds. The van der Waals surface area contributed by atoms with Crippen LogP contribution in [0.3, 0.4) is 0 Å². The molecule has 0 unspecified atom stereocenters. The Morgan fingerprint density at radius 2 is 2.03 bits per heavy atom. The number of hydrogen-bond acceptors (Lipinski definition) is 5. The van der Waals surface area contributed by atoms with Crippen molar-refractivity contribution in [2.45, 2.75) is 39.0 Å². The predicted octanol–water partition coefficient (Wildman–Crippen LogP) is 6.87. The zero-order valence-electron chi connectivity index (χ0n) is 18.8. The third kappa shape index (κ3) is 7.10. The summed E-state index contributed by atoms with van der Waals surface area (Å²) in [7, 11) is 0. The molecular weight excluding hydrogens is 479 g/mol. The molecule has 2 heterocycles. The number of benzene rings is 1. The van der Waals surface area contributed by atoms with Gasteiger partial charge in [0.15, 0.2) is 5.82 Å². The minimum atomic E-state index is 0.315. The number of hydrogen-bond donors (Lipinski definition) is 2. The Labute approximate surface area is 210 Å². The summed E-state index contributed by atoms with van der Waals surface area (Å²) in [6, 6.07) is 5.46. The molecule has 0 radical (unpaired) electrons. The van der Waals surface area contributed by atoms with Crippen LogP contribution in [0.15, 0.2) is 47.5 Å². The molecule has 176 valence electrons. The molecule has 2 N–H and O–H groups in total. The fourth-order valence-corrected chi connectivity index (χ4v) is 4.19. The lowest BCUT2D eigenvalue weighted by Gasteiger charge is -2.26. The lowest BCUT2D eigenvalue weighted by Crippen LogP contribution is -2.25. The van der Waals surface area contributed by atoms with E-state index in [-0.39, 0.29) is 0 Å². The average Bonchev–Trinajstić information content (AvgIpc) is 3.39. The van der Waals surface area contributed by atoms with E-state index in [1.807, 2.05) is 6.07 Å². The summed E-state index contributed by atoms with van der Waals surface area (Å²) >= 11 is 18.5. The van der Waals surface area contributed by atoms with Gasteiger partial charge in [0.2, 0.25) is 5.28 Å². The van der Waals surface area contributed by atoms with Gasteiger partial charge in [-0.3, -0.25) is 4.99 Å². The van der Waals surface area contributed by atoms with Crippen LogP contribution in [0.25, 0.3) is 5.70 Å². The van der Waals surface area contributed by atoms with Gasteiger partial charge in [-0.25, -0.2) is 4.99 Å². The van der Waals surface area contributed by atoms with E-state index in [9.17, 15) is 0 Å². The number of amidine groups is 1. The van der Waals surface area contributed by atoms with E-state index < -0.39 is 0 Å². The van der Waals surface area contributed by atoms with Crippen molar-refractivity contribution in [3.05, 3.63) is 64.1 Å². The maximum Gasteiger partial charge on any atom is 0.202 e. The number of halogens is 3. The molecule has 0 fully saturated rings. The molecule has 0 atom stereocenters. The van der Waals surface area contributed by atoms with E-state index >= 15 is 0 Å². The van der Waals surface area contributed by atoms with Crippen molar-refractivity contribution in [3.63, 3.8) is 0 Å². The summed E-state index contributed by atoms with van der Waals surface area (Å²) in [4.78, 5) is 18.9. The zero-order valence-corrected chi connectivity index (χ0v) is 21.1. The zero-order chi connectivity index (χ0) is 23.8. The first-order chi connectivity index (χ1) is 15.9. The second kappa shape index (κ2) is 12.3. The van der Waals surface area contributed by atoms with Gasteiger partial charge in [-0.2, -0.15) is 4.98 Å². The second-order valence-corrected chi connectivity index (χ2v) is 9.02. The minimum absolute atomic E-state index is 0.315. The van der Waals surface area contributed by atoms with Gasteiger partial charge in [0.1, 0.15) is 11.5 Å². The number of imidazole rings is 1. The lowest BCUT2D eigenvalue weighted by atomic mass is 10.1. The van der Waals surface area contributed by atoms with Gasteiger partial charge < -0.3 is 15.2 Å². The lowest BCUT2D eigenvalue weighted by molar-refractivity contribution is 0.383. The Balaban J connectivity index is 1.58. The normalized spacial score (nSPS) is 13.0. The van der Waals surface area contributed by atoms with Gasteiger partial charge in [-0.1, -0.05) is 49.7 Å². The Hall–Kier alpha value is -2.28. The Bertz CT molecular complexity index is 1060. The number of H-pyrrole nitrogens is 1. The Morgan fingerprint density at radius 3 is 2.79 bits per heavy atom. The highest BCUT2D eigenvalue weighted by atomic mass is 35.5. The van der Waals surface area contributed by atoms with Crippen LogP contribution < -0.4 is 5.32 Å². The van der Waals surface area contributed by atoms with Crippen molar-refractivity contribution < 1.29 is 0 Å². The van der Waals surface area contributed by atoms with Crippen molar-refractivity contribution in [2.24, 2.45) is 9.98 Å². The molecule has 0 bridgehead atoms. The molecular formula is C24H29Cl3N6. The van der Waals surface area contributed by atoms with Crippen molar-refractivity contribution in [1.82, 2.24) is 14.9 Å². The molecule has 9 heteroatoms. The fraction of sp³-hybridized carbons (Fsp3) is 0.375. The second-order valence-electron chi connectivity index (χ2n) is 7.81. The van der Waals surface area contributed by atoms with Crippen molar-refractivity contribution >= 4 is 57.9 Å². The highest BCUT2D eigenvalue weighted by Crippen LogP contribution is 2.26. The molecule has 0 saturated carbocycles. The van der Waals surface area contributed by atoms with Crippen LogP contribution in [0.2, 0.25) is 15.3 Å². The summed E-state index contributed by atoms with van der Waals surface area (Å²) < 4.78 is 0. The number of nitrogens with zero attached hydrogens (tertiary/aromatic N) is 4. The number of aromatic nitrogens is 2. The van der Waals surface area contributed by atoms with Crippen LogP contribution in [0.5, 0.6) is 0 Å². The van der Waals surface area contributed by atoms with Crippen molar-refractivity contribution in [3.8, 4) is 0 Å². The molecule has 2 aromatic rings. The van der Waals surface area contributed by atoms with Crippen LogP contribution in [0.1, 0.15) is 43.9 Å². The van der Waals surface area contributed by atoms with Crippen molar-refractivity contribution in [2.75, 3.05) is 25.0 Å². The molecule has 33 heavy (non-hydrogen) atoms. The maximum absolute atomic E-state index is 6.28. The van der Waals surface area contributed by atoms with Gasteiger partial charge in [0.05, 0.1) is 12.2 Å². The monoisotopic (exact) mass is 506 g/mol. The molecule has 0 aliphatic carbocycles. The smallest absolute Gasteiger partial charge is 0.202 e. The minimum Gasteiger partial charge on any atom is -0.370 e. The number of rotatable bonds is 13. The number of aliphatic imine (C=N–C) groups is 2. The number of anilines is 1. The van der Waals surface area contributed by atoms with E-state index in [1.54, 1.807) is 18.3 Å². The molecule has 1 aliphatic heterocycles. The van der Waals surface area contributed by atoms with Gasteiger partial charge in [0.25, 0.3) is 0 Å².